The highest BCUT2D eigenvalue weighted by atomic mass is 127. The largest absolute Gasteiger partial charge is 0.403 e. The first-order chi connectivity index (χ1) is 14.8. The van der Waals surface area contributed by atoms with Crippen LogP contribution in [0.15, 0.2) is 58.4 Å². The Morgan fingerprint density at radius 3 is 2.25 bits per heavy atom. The van der Waals surface area contributed by atoms with Gasteiger partial charge in [0.15, 0.2) is 5.96 Å². The van der Waals surface area contributed by atoms with Crippen molar-refractivity contribution in [2.75, 3.05) is 33.2 Å². The fourth-order valence-electron chi connectivity index (χ4n) is 3.59. The zero-order chi connectivity index (χ0) is 22.4. The van der Waals surface area contributed by atoms with E-state index >= 15 is 0 Å². The van der Waals surface area contributed by atoms with E-state index in [1.54, 1.807) is 23.9 Å². The van der Waals surface area contributed by atoms with E-state index in [0.717, 1.165) is 11.1 Å². The molecule has 6 nitrogen and oxygen atoms in total. The number of alkyl halides is 3. The number of guanidine groups is 1. The first kappa shape index (κ1) is 26.2. The second-order valence-corrected chi connectivity index (χ2v) is 7.62. The number of nitrogens with zero attached hydrogens (tertiary/aromatic N) is 4. The van der Waals surface area contributed by atoms with Gasteiger partial charge < -0.3 is 14.8 Å². The van der Waals surface area contributed by atoms with Crippen molar-refractivity contribution in [3.8, 4) is 0 Å². The summed E-state index contributed by atoms with van der Waals surface area (Å²) in [5.41, 5.74) is 2.03. The molecule has 1 aliphatic heterocycles. The Hall–Kier alpha value is -2.08. The van der Waals surface area contributed by atoms with Crippen molar-refractivity contribution in [2.24, 2.45) is 4.99 Å². The van der Waals surface area contributed by atoms with Crippen LogP contribution in [0.2, 0.25) is 0 Å². The molecule has 10 heteroatoms. The number of rotatable bonds is 5. The van der Waals surface area contributed by atoms with E-state index in [1.807, 2.05) is 35.2 Å². The van der Waals surface area contributed by atoms with Crippen LogP contribution >= 0.6 is 24.0 Å². The standard InChI is InChI=1S/C22H28F3N5O.HI/c1-17(22(23,24)25)28-11-13-29(14-12-28)21(26-2)27-15-18-6-8-19(9-7-18)16-30-10-4-3-5-20(30)31;/h3-10,17H,11-16H2,1-2H3,(H,26,27);1H. The number of hydrogen-bond acceptors (Lipinski definition) is 3. The Kier molecular flexibility index (Phi) is 9.56. The number of nitrogens with one attached hydrogen (secondary N) is 1. The van der Waals surface area contributed by atoms with Crippen molar-refractivity contribution in [3.63, 3.8) is 0 Å². The van der Waals surface area contributed by atoms with Crippen molar-refractivity contribution >= 4 is 29.9 Å². The minimum absolute atomic E-state index is 0. The van der Waals surface area contributed by atoms with Crippen LogP contribution in [0.4, 0.5) is 13.2 Å². The molecule has 0 bridgehead atoms. The summed E-state index contributed by atoms with van der Waals surface area (Å²) in [6, 6.07) is 11.6. The molecule has 1 saturated heterocycles. The zero-order valence-corrected chi connectivity index (χ0v) is 20.5. The average Bonchev–Trinajstić information content (AvgIpc) is 2.76. The lowest BCUT2D eigenvalue weighted by Crippen LogP contribution is -2.56. The van der Waals surface area contributed by atoms with Crippen molar-refractivity contribution in [1.29, 1.82) is 0 Å². The van der Waals surface area contributed by atoms with E-state index in [2.05, 4.69) is 10.3 Å². The maximum atomic E-state index is 12.9. The van der Waals surface area contributed by atoms with Crippen LogP contribution in [0.1, 0.15) is 18.1 Å². The van der Waals surface area contributed by atoms with Crippen LogP contribution in [-0.2, 0) is 13.1 Å². The van der Waals surface area contributed by atoms with E-state index in [0.29, 0.717) is 45.2 Å². The lowest BCUT2D eigenvalue weighted by Gasteiger charge is -2.39. The zero-order valence-electron chi connectivity index (χ0n) is 18.2. The smallest absolute Gasteiger partial charge is 0.352 e. The van der Waals surface area contributed by atoms with Gasteiger partial charge in [0.1, 0.15) is 6.04 Å². The normalized spacial score (nSPS) is 16.4. The van der Waals surface area contributed by atoms with E-state index in [9.17, 15) is 18.0 Å². The molecule has 0 aliphatic carbocycles. The van der Waals surface area contributed by atoms with Crippen LogP contribution in [0.5, 0.6) is 0 Å². The molecule has 0 radical (unpaired) electrons. The summed E-state index contributed by atoms with van der Waals surface area (Å²) in [5.74, 6) is 0.680. The minimum Gasteiger partial charge on any atom is -0.352 e. The van der Waals surface area contributed by atoms with Gasteiger partial charge in [-0.3, -0.25) is 14.7 Å². The molecule has 2 heterocycles. The third-order valence-electron chi connectivity index (χ3n) is 5.57. The summed E-state index contributed by atoms with van der Waals surface area (Å²) in [6.07, 6.45) is -2.44. The highest BCUT2D eigenvalue weighted by molar-refractivity contribution is 14.0. The average molecular weight is 563 g/mol. The number of aliphatic imine (C=N–C) groups is 1. The summed E-state index contributed by atoms with van der Waals surface area (Å²) >= 11 is 0. The maximum absolute atomic E-state index is 12.9. The predicted molar refractivity (Wildman–Crippen MR) is 131 cm³/mol. The van der Waals surface area contributed by atoms with Crippen LogP contribution < -0.4 is 10.9 Å². The van der Waals surface area contributed by atoms with Gasteiger partial charge in [0.2, 0.25) is 0 Å². The second kappa shape index (κ2) is 11.7. The SMILES string of the molecule is CN=C(NCc1ccc(Cn2ccccc2=O)cc1)N1CCN(C(C)C(F)(F)F)CC1.I. The van der Waals surface area contributed by atoms with Gasteiger partial charge in [-0.05, 0) is 24.1 Å². The van der Waals surface area contributed by atoms with Crippen molar-refractivity contribution in [2.45, 2.75) is 32.2 Å². The molecule has 1 N–H and O–H groups in total. The van der Waals surface area contributed by atoms with Gasteiger partial charge in [0.25, 0.3) is 5.56 Å². The predicted octanol–water partition coefficient (Wildman–Crippen LogP) is 3.16. The molecule has 1 aromatic heterocycles. The van der Waals surface area contributed by atoms with Gasteiger partial charge >= 0.3 is 6.18 Å². The van der Waals surface area contributed by atoms with Crippen LogP contribution in [0.3, 0.4) is 0 Å². The summed E-state index contributed by atoms with van der Waals surface area (Å²) < 4.78 is 40.4. The molecule has 0 saturated carbocycles. The van der Waals surface area contributed by atoms with Crippen LogP contribution in [-0.4, -0.2) is 65.8 Å². The lowest BCUT2D eigenvalue weighted by atomic mass is 10.1. The second-order valence-electron chi connectivity index (χ2n) is 7.62. The van der Waals surface area contributed by atoms with E-state index in [1.165, 1.54) is 17.9 Å². The number of benzene rings is 1. The lowest BCUT2D eigenvalue weighted by molar-refractivity contribution is -0.181. The molecule has 1 atom stereocenters. The summed E-state index contributed by atoms with van der Waals surface area (Å²) in [7, 11) is 1.67. The molecule has 32 heavy (non-hydrogen) atoms. The van der Waals surface area contributed by atoms with Gasteiger partial charge in [-0.15, -0.1) is 24.0 Å². The molecule has 1 fully saturated rings. The third kappa shape index (κ3) is 6.96. The minimum atomic E-state index is -4.21. The summed E-state index contributed by atoms with van der Waals surface area (Å²) in [4.78, 5) is 19.6. The number of aromatic nitrogens is 1. The number of piperazine rings is 1. The number of halogens is 4. The molecule has 1 aromatic carbocycles. The first-order valence-electron chi connectivity index (χ1n) is 10.3. The Labute approximate surface area is 203 Å². The van der Waals surface area contributed by atoms with E-state index in [-0.39, 0.29) is 29.5 Å². The van der Waals surface area contributed by atoms with Crippen molar-refractivity contribution < 1.29 is 13.2 Å². The first-order valence-corrected chi connectivity index (χ1v) is 10.3. The Morgan fingerprint density at radius 2 is 1.69 bits per heavy atom. The Morgan fingerprint density at radius 1 is 1.06 bits per heavy atom. The topological polar surface area (TPSA) is 52.9 Å². The number of hydrogen-bond donors (Lipinski definition) is 1. The maximum Gasteiger partial charge on any atom is 0.403 e. The Balaban J connectivity index is 0.00000363. The van der Waals surface area contributed by atoms with Gasteiger partial charge in [0, 0.05) is 52.0 Å². The van der Waals surface area contributed by atoms with E-state index < -0.39 is 12.2 Å². The van der Waals surface area contributed by atoms with Gasteiger partial charge in [-0.1, -0.05) is 30.3 Å². The van der Waals surface area contributed by atoms with Crippen LogP contribution in [0, 0.1) is 0 Å². The van der Waals surface area contributed by atoms with Gasteiger partial charge in [0.05, 0.1) is 6.54 Å². The number of pyridine rings is 1. The van der Waals surface area contributed by atoms with Crippen molar-refractivity contribution in [3.05, 3.63) is 70.1 Å². The summed E-state index contributed by atoms with van der Waals surface area (Å²) in [5, 5.41) is 3.29. The quantitative estimate of drug-likeness (QED) is 0.345. The highest BCUT2D eigenvalue weighted by Crippen LogP contribution is 2.25. The van der Waals surface area contributed by atoms with Gasteiger partial charge in [-0.25, -0.2) is 0 Å². The molecule has 3 rings (SSSR count). The Bertz CT molecular complexity index is 938. The fourth-order valence-corrected chi connectivity index (χ4v) is 3.59. The van der Waals surface area contributed by atoms with E-state index in [4.69, 9.17) is 0 Å². The van der Waals surface area contributed by atoms with Crippen molar-refractivity contribution in [1.82, 2.24) is 19.7 Å². The molecule has 1 aliphatic rings. The monoisotopic (exact) mass is 563 g/mol. The molecular formula is C22H29F3IN5O. The molecule has 0 amide bonds. The molecule has 1 unspecified atom stereocenters. The third-order valence-corrected chi connectivity index (χ3v) is 5.57. The molecule has 176 valence electrons. The molecule has 2 aromatic rings. The highest BCUT2D eigenvalue weighted by Gasteiger charge is 2.41. The van der Waals surface area contributed by atoms with Gasteiger partial charge in [-0.2, -0.15) is 13.2 Å². The molecular weight excluding hydrogens is 534 g/mol. The van der Waals surface area contributed by atoms with Crippen LogP contribution in [0.25, 0.3) is 0 Å². The molecule has 0 spiro atoms. The fraction of sp³-hybridized carbons (Fsp3) is 0.455. The summed E-state index contributed by atoms with van der Waals surface area (Å²) in [6.45, 7) is 3.94.